The van der Waals surface area contributed by atoms with Crippen LogP contribution < -0.4 is 15.1 Å². The molecule has 2 aliphatic rings. The summed E-state index contributed by atoms with van der Waals surface area (Å²) in [5.74, 6) is 1.36. The Morgan fingerprint density at radius 2 is 1.61 bits per heavy atom. The van der Waals surface area contributed by atoms with Crippen LogP contribution in [0.1, 0.15) is 11.3 Å². The van der Waals surface area contributed by atoms with E-state index in [9.17, 15) is 9.18 Å². The monoisotopic (exact) mass is 427 g/mol. The average molecular weight is 428 g/mol. The molecule has 2 aliphatic heterocycles. The van der Waals surface area contributed by atoms with E-state index >= 15 is 0 Å². The van der Waals surface area contributed by atoms with Crippen LogP contribution >= 0.6 is 0 Å². The number of hydrogen-bond acceptors (Lipinski definition) is 6. The van der Waals surface area contributed by atoms with Crippen LogP contribution in [0.5, 0.6) is 0 Å². The summed E-state index contributed by atoms with van der Waals surface area (Å²) in [5, 5.41) is 2.79. The zero-order valence-corrected chi connectivity index (χ0v) is 18.4. The second-order valence-corrected chi connectivity index (χ2v) is 8.33. The maximum Gasteiger partial charge on any atom is 0.321 e. The summed E-state index contributed by atoms with van der Waals surface area (Å²) in [7, 11) is 2.14. The molecule has 2 fully saturated rings. The van der Waals surface area contributed by atoms with Crippen molar-refractivity contribution in [1.82, 2.24) is 19.8 Å². The SMILES string of the molecule is Cc1cc(N2CCN(C)CC2)nc(N2CCN(C(=O)Nc3ccc(C)c(F)c3)CC2)n1. The fraction of sp³-hybridized carbons (Fsp3) is 0.500. The third-order valence-electron chi connectivity index (χ3n) is 5.93. The van der Waals surface area contributed by atoms with Crippen LogP contribution in [0.3, 0.4) is 0 Å². The maximum atomic E-state index is 13.7. The lowest BCUT2D eigenvalue weighted by atomic mass is 10.2. The molecule has 0 spiro atoms. The van der Waals surface area contributed by atoms with Crippen LogP contribution in [0, 0.1) is 19.7 Å². The molecule has 0 unspecified atom stereocenters. The maximum absolute atomic E-state index is 13.7. The standard InChI is InChI=1S/C22H30FN7O/c1-16-4-5-18(15-19(16)23)25-22(31)30-12-10-29(11-13-30)21-24-17(2)14-20(26-21)28-8-6-27(3)7-9-28/h4-5,14-15H,6-13H2,1-3H3,(H,25,31). The van der Waals surface area contributed by atoms with Crippen LogP contribution in [0.2, 0.25) is 0 Å². The van der Waals surface area contributed by atoms with Gasteiger partial charge in [-0.2, -0.15) is 4.98 Å². The van der Waals surface area contributed by atoms with Crippen molar-refractivity contribution in [3.63, 3.8) is 0 Å². The molecule has 4 rings (SSSR count). The van der Waals surface area contributed by atoms with Crippen LogP contribution in [0.4, 0.5) is 26.6 Å². The van der Waals surface area contributed by atoms with E-state index in [4.69, 9.17) is 4.98 Å². The van der Waals surface area contributed by atoms with Gasteiger partial charge in [-0.3, -0.25) is 0 Å². The second-order valence-electron chi connectivity index (χ2n) is 8.33. The highest BCUT2D eigenvalue weighted by Crippen LogP contribution is 2.20. The highest BCUT2D eigenvalue weighted by atomic mass is 19.1. The van der Waals surface area contributed by atoms with Crippen LogP contribution in [-0.2, 0) is 0 Å². The summed E-state index contributed by atoms with van der Waals surface area (Å²) in [6.07, 6.45) is 0. The van der Waals surface area contributed by atoms with Gasteiger partial charge >= 0.3 is 6.03 Å². The van der Waals surface area contributed by atoms with Gasteiger partial charge < -0.3 is 24.9 Å². The van der Waals surface area contributed by atoms with Gasteiger partial charge in [-0.05, 0) is 38.6 Å². The molecule has 8 nitrogen and oxygen atoms in total. The summed E-state index contributed by atoms with van der Waals surface area (Å²) < 4.78 is 13.7. The summed E-state index contributed by atoms with van der Waals surface area (Å²) >= 11 is 0. The summed E-state index contributed by atoms with van der Waals surface area (Å²) in [4.78, 5) is 30.5. The molecule has 166 valence electrons. The molecule has 0 saturated carbocycles. The lowest BCUT2D eigenvalue weighted by Crippen LogP contribution is -2.50. The van der Waals surface area contributed by atoms with E-state index in [2.05, 4.69) is 32.0 Å². The molecular weight excluding hydrogens is 397 g/mol. The van der Waals surface area contributed by atoms with Crippen LogP contribution in [-0.4, -0.2) is 85.2 Å². The number of amides is 2. The van der Waals surface area contributed by atoms with Gasteiger partial charge in [0, 0.05) is 69.8 Å². The number of nitrogens with zero attached hydrogens (tertiary/aromatic N) is 6. The number of anilines is 3. The Balaban J connectivity index is 1.37. The third kappa shape index (κ3) is 5.04. The number of piperazine rings is 2. The molecule has 3 heterocycles. The minimum Gasteiger partial charge on any atom is -0.354 e. The molecule has 2 amide bonds. The molecule has 0 bridgehead atoms. The zero-order valence-electron chi connectivity index (χ0n) is 18.4. The largest absolute Gasteiger partial charge is 0.354 e. The van der Waals surface area contributed by atoms with Crippen molar-refractivity contribution in [3.8, 4) is 0 Å². The van der Waals surface area contributed by atoms with E-state index in [1.807, 2.05) is 13.0 Å². The first-order valence-electron chi connectivity index (χ1n) is 10.8. The minimum atomic E-state index is -0.324. The van der Waals surface area contributed by atoms with Gasteiger partial charge in [0.05, 0.1) is 0 Å². The van der Waals surface area contributed by atoms with Gasteiger partial charge in [0.15, 0.2) is 0 Å². The van der Waals surface area contributed by atoms with Crippen molar-refractivity contribution in [1.29, 1.82) is 0 Å². The first-order chi connectivity index (χ1) is 14.9. The van der Waals surface area contributed by atoms with Crippen molar-refractivity contribution >= 4 is 23.5 Å². The predicted octanol–water partition coefficient (Wildman–Crippen LogP) is 2.34. The molecular formula is C22H30FN7O. The fourth-order valence-corrected chi connectivity index (χ4v) is 3.86. The van der Waals surface area contributed by atoms with Crippen molar-refractivity contribution in [2.24, 2.45) is 0 Å². The normalized spacial score (nSPS) is 17.7. The number of urea groups is 1. The number of rotatable bonds is 3. The van der Waals surface area contributed by atoms with Crippen molar-refractivity contribution in [2.75, 3.05) is 74.5 Å². The topological polar surface area (TPSA) is 67.8 Å². The first kappa shape index (κ1) is 21.3. The number of nitrogens with one attached hydrogen (secondary N) is 1. The Morgan fingerprint density at radius 3 is 2.29 bits per heavy atom. The Kier molecular flexibility index (Phi) is 6.22. The van der Waals surface area contributed by atoms with Crippen molar-refractivity contribution in [3.05, 3.63) is 41.3 Å². The zero-order chi connectivity index (χ0) is 22.0. The van der Waals surface area contributed by atoms with E-state index < -0.39 is 0 Å². The smallest absolute Gasteiger partial charge is 0.321 e. The average Bonchev–Trinajstić information content (AvgIpc) is 2.76. The summed E-state index contributed by atoms with van der Waals surface area (Å²) in [6.45, 7) is 10.1. The molecule has 0 aliphatic carbocycles. The van der Waals surface area contributed by atoms with E-state index in [-0.39, 0.29) is 11.8 Å². The number of hydrogen-bond donors (Lipinski definition) is 1. The van der Waals surface area contributed by atoms with Crippen molar-refractivity contribution < 1.29 is 9.18 Å². The van der Waals surface area contributed by atoms with Crippen LogP contribution in [0.15, 0.2) is 24.3 Å². The van der Waals surface area contributed by atoms with Crippen molar-refractivity contribution in [2.45, 2.75) is 13.8 Å². The number of aryl methyl sites for hydroxylation is 2. The Hall–Kier alpha value is -2.94. The summed E-state index contributed by atoms with van der Waals surface area (Å²) in [6, 6.07) is 6.55. The minimum absolute atomic E-state index is 0.216. The molecule has 1 N–H and O–H groups in total. The van der Waals surface area contributed by atoms with E-state index in [0.29, 0.717) is 37.4 Å². The quantitative estimate of drug-likeness (QED) is 0.811. The molecule has 9 heteroatoms. The lowest BCUT2D eigenvalue weighted by molar-refractivity contribution is 0.208. The number of halogens is 1. The molecule has 0 radical (unpaired) electrons. The van der Waals surface area contributed by atoms with Gasteiger partial charge in [0.2, 0.25) is 5.95 Å². The van der Waals surface area contributed by atoms with Gasteiger partial charge in [0.25, 0.3) is 0 Å². The highest BCUT2D eigenvalue weighted by Gasteiger charge is 2.24. The number of carbonyl (C=O) groups is 1. The molecule has 2 aromatic rings. The molecule has 2 saturated heterocycles. The van der Waals surface area contributed by atoms with Gasteiger partial charge in [-0.1, -0.05) is 6.07 Å². The van der Waals surface area contributed by atoms with Gasteiger partial charge in [-0.25, -0.2) is 14.2 Å². The Morgan fingerprint density at radius 1 is 0.935 bits per heavy atom. The first-order valence-corrected chi connectivity index (χ1v) is 10.8. The lowest BCUT2D eigenvalue weighted by Gasteiger charge is -2.36. The highest BCUT2D eigenvalue weighted by molar-refractivity contribution is 5.89. The Labute approximate surface area is 182 Å². The van der Waals surface area contributed by atoms with Gasteiger partial charge in [0.1, 0.15) is 11.6 Å². The molecule has 1 aromatic carbocycles. The number of carbonyl (C=O) groups excluding carboxylic acids is 1. The number of benzene rings is 1. The van der Waals surface area contributed by atoms with E-state index in [1.165, 1.54) is 6.07 Å². The van der Waals surface area contributed by atoms with E-state index in [1.54, 1.807) is 24.0 Å². The molecule has 31 heavy (non-hydrogen) atoms. The fourth-order valence-electron chi connectivity index (χ4n) is 3.86. The predicted molar refractivity (Wildman–Crippen MR) is 120 cm³/mol. The molecule has 0 atom stereocenters. The number of aromatic nitrogens is 2. The summed E-state index contributed by atoms with van der Waals surface area (Å²) in [5.41, 5.74) is 1.97. The second kappa shape index (κ2) is 9.05. The third-order valence-corrected chi connectivity index (χ3v) is 5.93. The molecule has 1 aromatic heterocycles. The van der Waals surface area contributed by atoms with Crippen LogP contribution in [0.25, 0.3) is 0 Å². The van der Waals surface area contributed by atoms with E-state index in [0.717, 1.165) is 43.6 Å². The Bertz CT molecular complexity index is 937. The van der Waals surface area contributed by atoms with Gasteiger partial charge in [-0.15, -0.1) is 0 Å². The number of likely N-dealkylation sites (N-methyl/N-ethyl adjacent to an activating group) is 1.